The molecule has 0 bridgehead atoms. The molecule has 138 valence electrons. The molecule has 1 aromatic carbocycles. The predicted octanol–water partition coefficient (Wildman–Crippen LogP) is 4.35. The maximum absolute atomic E-state index is 12.7. The quantitative estimate of drug-likeness (QED) is 0.659. The highest BCUT2D eigenvalue weighted by Gasteiger charge is 2.19. The van der Waals surface area contributed by atoms with Crippen molar-refractivity contribution in [1.29, 1.82) is 0 Å². The molecule has 3 aromatic rings. The maximum Gasteiger partial charge on any atom is 0.279 e. The van der Waals surface area contributed by atoms with Gasteiger partial charge in [-0.3, -0.25) is 9.59 Å². The molecule has 0 saturated carbocycles. The Morgan fingerprint density at radius 3 is 2.41 bits per heavy atom. The Hall–Kier alpha value is -2.64. The number of hydrogen-bond donors (Lipinski definition) is 1. The average Bonchev–Trinajstić information content (AvgIpc) is 2.91. The molecule has 1 amide bonds. The minimum atomic E-state index is -0.257. The third-order valence-electron chi connectivity index (χ3n) is 3.79. The van der Waals surface area contributed by atoms with E-state index in [1.165, 1.54) is 29.6 Å². The maximum atomic E-state index is 12.7. The van der Waals surface area contributed by atoms with Crippen LogP contribution in [0.4, 0.5) is 5.69 Å². The number of rotatable bonds is 4. The summed E-state index contributed by atoms with van der Waals surface area (Å²) in [6, 6.07) is 10.7. The van der Waals surface area contributed by atoms with Gasteiger partial charge in [-0.1, -0.05) is 23.4 Å². The third-order valence-corrected chi connectivity index (χ3v) is 5.31. The number of aromatic nitrogens is 3. The van der Waals surface area contributed by atoms with E-state index in [4.69, 9.17) is 11.6 Å². The van der Waals surface area contributed by atoms with Crippen molar-refractivity contribution in [2.24, 2.45) is 0 Å². The zero-order valence-corrected chi connectivity index (χ0v) is 16.6. The lowest BCUT2D eigenvalue weighted by molar-refractivity contribution is -0.114. The van der Waals surface area contributed by atoms with Crippen LogP contribution in [0.5, 0.6) is 0 Å². The molecule has 3 rings (SSSR count). The number of hydrogen-bond acceptors (Lipinski definition) is 5. The zero-order chi connectivity index (χ0) is 19.6. The number of nitrogens with one attached hydrogen (secondary N) is 1. The summed E-state index contributed by atoms with van der Waals surface area (Å²) in [5, 5.41) is 7.46. The van der Waals surface area contributed by atoms with Crippen molar-refractivity contribution >= 4 is 40.9 Å². The normalized spacial score (nSPS) is 10.7. The van der Waals surface area contributed by atoms with E-state index in [9.17, 15) is 9.59 Å². The summed E-state index contributed by atoms with van der Waals surface area (Å²) in [4.78, 5) is 29.7. The molecular weight excluding hydrogens is 384 g/mol. The second kappa shape index (κ2) is 7.94. The summed E-state index contributed by atoms with van der Waals surface area (Å²) in [6.07, 6.45) is 1.44. The summed E-state index contributed by atoms with van der Waals surface area (Å²) in [5.41, 5.74) is 2.67. The van der Waals surface area contributed by atoms with Gasteiger partial charge in [0, 0.05) is 23.7 Å². The first-order valence-corrected chi connectivity index (χ1v) is 9.32. The van der Waals surface area contributed by atoms with E-state index in [1.54, 1.807) is 12.1 Å². The van der Waals surface area contributed by atoms with E-state index in [2.05, 4.69) is 15.4 Å². The van der Waals surface area contributed by atoms with E-state index in [0.717, 1.165) is 26.9 Å². The molecule has 2 aromatic heterocycles. The topological polar surface area (TPSA) is 76.9 Å². The van der Waals surface area contributed by atoms with E-state index >= 15 is 0 Å². The third kappa shape index (κ3) is 4.37. The number of nitrogens with zero attached hydrogens (tertiary/aromatic N) is 3. The van der Waals surface area contributed by atoms with Crippen LogP contribution < -0.4 is 5.32 Å². The number of amides is 1. The Balaban J connectivity index is 1.84. The van der Waals surface area contributed by atoms with Crippen LogP contribution in [-0.2, 0) is 4.79 Å². The van der Waals surface area contributed by atoms with Crippen molar-refractivity contribution in [3.05, 3.63) is 64.7 Å². The van der Waals surface area contributed by atoms with Crippen LogP contribution in [0.2, 0.25) is 5.15 Å². The monoisotopic (exact) mass is 400 g/mol. The molecule has 27 heavy (non-hydrogen) atoms. The molecule has 0 radical (unpaired) electrons. The number of carbonyl (C=O) groups is 2. The van der Waals surface area contributed by atoms with Gasteiger partial charge < -0.3 is 5.32 Å². The molecule has 0 saturated heterocycles. The Kier molecular flexibility index (Phi) is 5.62. The highest BCUT2D eigenvalue weighted by molar-refractivity contribution is 7.99. The number of aryl methyl sites for hydroxylation is 1. The van der Waals surface area contributed by atoms with Gasteiger partial charge in [0.25, 0.3) is 5.91 Å². The predicted molar refractivity (Wildman–Crippen MR) is 106 cm³/mol. The molecule has 1 N–H and O–H groups in total. The van der Waals surface area contributed by atoms with Crippen LogP contribution in [0.15, 0.2) is 52.4 Å². The molecule has 0 fully saturated rings. The van der Waals surface area contributed by atoms with Gasteiger partial charge in [0.2, 0.25) is 5.91 Å². The summed E-state index contributed by atoms with van der Waals surface area (Å²) in [7, 11) is 0. The largest absolute Gasteiger partial charge is 0.326 e. The van der Waals surface area contributed by atoms with E-state index < -0.39 is 0 Å². The highest BCUT2D eigenvalue weighted by Crippen LogP contribution is 2.33. The Bertz CT molecular complexity index is 998. The Morgan fingerprint density at radius 1 is 1.11 bits per heavy atom. The molecule has 0 aliphatic heterocycles. The van der Waals surface area contributed by atoms with Crippen molar-refractivity contribution in [2.75, 3.05) is 5.32 Å². The first-order chi connectivity index (χ1) is 12.8. The minimum Gasteiger partial charge on any atom is -0.326 e. The number of carbonyl (C=O) groups excluding carboxylic acids is 2. The van der Waals surface area contributed by atoms with E-state index in [1.807, 2.05) is 38.1 Å². The van der Waals surface area contributed by atoms with Gasteiger partial charge in [0.1, 0.15) is 5.15 Å². The van der Waals surface area contributed by atoms with Crippen LogP contribution in [-0.4, -0.2) is 26.6 Å². The summed E-state index contributed by atoms with van der Waals surface area (Å²) >= 11 is 7.30. The van der Waals surface area contributed by atoms with Crippen molar-refractivity contribution in [1.82, 2.24) is 14.8 Å². The van der Waals surface area contributed by atoms with Gasteiger partial charge in [-0.25, -0.2) is 4.98 Å². The molecule has 0 atom stereocenters. The fraction of sp³-hybridized carbons (Fsp3) is 0.158. The average molecular weight is 401 g/mol. The lowest BCUT2D eigenvalue weighted by atomic mass is 10.2. The second-order valence-corrected chi connectivity index (χ2v) is 7.37. The standard InChI is InChI=1S/C19H17ClN4O2S/c1-11-18(27-16-7-5-15(6-8-16)22-13(3)25)12(2)24(23-11)19(26)14-4-9-17(20)21-10-14/h4-10H,1-3H3,(H,22,25). The number of halogens is 1. The van der Waals surface area contributed by atoms with Crippen LogP contribution in [0, 0.1) is 13.8 Å². The van der Waals surface area contributed by atoms with Crippen LogP contribution in [0.1, 0.15) is 28.7 Å². The lowest BCUT2D eigenvalue weighted by Gasteiger charge is -2.06. The van der Waals surface area contributed by atoms with Crippen LogP contribution in [0.25, 0.3) is 0 Å². The van der Waals surface area contributed by atoms with Crippen molar-refractivity contribution < 1.29 is 9.59 Å². The summed E-state index contributed by atoms with van der Waals surface area (Å²) < 4.78 is 1.38. The Labute approximate surface area is 165 Å². The van der Waals surface area contributed by atoms with Gasteiger partial charge in [-0.15, -0.1) is 0 Å². The van der Waals surface area contributed by atoms with Crippen molar-refractivity contribution in [3.8, 4) is 0 Å². The molecule has 2 heterocycles. The number of anilines is 1. The highest BCUT2D eigenvalue weighted by atomic mass is 35.5. The molecule has 8 heteroatoms. The van der Waals surface area contributed by atoms with Crippen molar-refractivity contribution in [3.63, 3.8) is 0 Å². The fourth-order valence-electron chi connectivity index (χ4n) is 2.53. The number of benzene rings is 1. The summed E-state index contributed by atoms with van der Waals surface area (Å²) in [5.74, 6) is -0.369. The fourth-order valence-corrected chi connectivity index (χ4v) is 3.57. The molecule has 6 nitrogen and oxygen atoms in total. The smallest absolute Gasteiger partial charge is 0.279 e. The first kappa shape index (κ1) is 19.1. The van der Waals surface area contributed by atoms with E-state index in [0.29, 0.717) is 10.7 Å². The summed E-state index contributed by atoms with van der Waals surface area (Å²) in [6.45, 7) is 5.19. The van der Waals surface area contributed by atoms with Crippen LogP contribution >= 0.6 is 23.4 Å². The number of pyridine rings is 1. The van der Waals surface area contributed by atoms with Gasteiger partial charge >= 0.3 is 0 Å². The first-order valence-electron chi connectivity index (χ1n) is 8.13. The van der Waals surface area contributed by atoms with Gasteiger partial charge in [0.15, 0.2) is 0 Å². The lowest BCUT2D eigenvalue weighted by Crippen LogP contribution is -2.15. The minimum absolute atomic E-state index is 0.112. The molecule has 0 aliphatic carbocycles. The Morgan fingerprint density at radius 2 is 1.81 bits per heavy atom. The van der Waals surface area contributed by atoms with E-state index in [-0.39, 0.29) is 11.8 Å². The second-order valence-electron chi connectivity index (χ2n) is 5.89. The van der Waals surface area contributed by atoms with Gasteiger partial charge in [-0.2, -0.15) is 9.78 Å². The molecule has 0 aliphatic rings. The molecule has 0 spiro atoms. The van der Waals surface area contributed by atoms with Gasteiger partial charge in [-0.05, 0) is 50.2 Å². The molecule has 0 unspecified atom stereocenters. The SMILES string of the molecule is CC(=O)Nc1ccc(Sc2c(C)nn(C(=O)c3ccc(Cl)nc3)c2C)cc1. The molecular formula is C19H17ClN4O2S. The van der Waals surface area contributed by atoms with Gasteiger partial charge in [0.05, 0.1) is 21.8 Å². The van der Waals surface area contributed by atoms with Crippen LogP contribution in [0.3, 0.4) is 0 Å². The zero-order valence-electron chi connectivity index (χ0n) is 15.0. The van der Waals surface area contributed by atoms with Crippen molar-refractivity contribution in [2.45, 2.75) is 30.6 Å².